The Morgan fingerprint density at radius 1 is 1.11 bits per heavy atom. The first kappa shape index (κ1) is 25.2. The number of rotatable bonds is 9. The highest BCUT2D eigenvalue weighted by Crippen LogP contribution is 2.40. The Morgan fingerprint density at radius 2 is 1.86 bits per heavy atom. The van der Waals surface area contributed by atoms with Gasteiger partial charge in [-0.1, -0.05) is 30.7 Å². The second-order valence-electron chi connectivity index (χ2n) is 8.73. The minimum absolute atomic E-state index is 0.0799. The maximum Gasteiger partial charge on any atom is 0.295 e. The molecule has 0 bridgehead atoms. The standard InChI is InChI=1S/C27H31ClN2O5/c1-2-15-35-22-6-3-5-20(18-22)24-23(25(31)19-7-9-21(28)10-8-19)26(32)27(33)30(24)12-4-11-29-13-16-34-17-14-29/h3,5-10,18,24,31H,2,4,11-17H2,1H3/b25-23+/t24-/m0/s1. The molecule has 1 amide bonds. The van der Waals surface area contributed by atoms with Gasteiger partial charge in [0.05, 0.1) is 31.4 Å². The zero-order valence-corrected chi connectivity index (χ0v) is 20.7. The lowest BCUT2D eigenvalue weighted by Crippen LogP contribution is -2.38. The number of morpholine rings is 1. The quantitative estimate of drug-likeness (QED) is 0.316. The lowest BCUT2D eigenvalue weighted by molar-refractivity contribution is -0.140. The summed E-state index contributed by atoms with van der Waals surface area (Å²) < 4.78 is 11.2. The molecular weight excluding hydrogens is 468 g/mol. The number of nitrogens with zero attached hydrogens (tertiary/aromatic N) is 2. The molecule has 0 unspecified atom stereocenters. The zero-order chi connectivity index (χ0) is 24.8. The Labute approximate surface area is 210 Å². The Bertz CT molecular complexity index is 1080. The summed E-state index contributed by atoms with van der Waals surface area (Å²) in [6.45, 7) is 6.91. The highest BCUT2D eigenvalue weighted by atomic mass is 35.5. The van der Waals surface area contributed by atoms with Crippen LogP contribution < -0.4 is 4.74 Å². The van der Waals surface area contributed by atoms with Crippen molar-refractivity contribution in [1.29, 1.82) is 0 Å². The van der Waals surface area contributed by atoms with Gasteiger partial charge in [-0.3, -0.25) is 14.5 Å². The maximum atomic E-state index is 13.2. The molecule has 35 heavy (non-hydrogen) atoms. The van der Waals surface area contributed by atoms with Gasteiger partial charge in [-0.25, -0.2) is 0 Å². The van der Waals surface area contributed by atoms with Crippen molar-refractivity contribution in [2.45, 2.75) is 25.8 Å². The largest absolute Gasteiger partial charge is 0.507 e. The number of ether oxygens (including phenoxy) is 2. The SMILES string of the molecule is CCCOc1cccc([C@H]2/C(=C(\O)c3ccc(Cl)cc3)C(=O)C(=O)N2CCCN2CCOCC2)c1. The van der Waals surface area contributed by atoms with Crippen molar-refractivity contribution in [1.82, 2.24) is 9.80 Å². The summed E-state index contributed by atoms with van der Waals surface area (Å²) in [4.78, 5) is 30.2. The summed E-state index contributed by atoms with van der Waals surface area (Å²) in [7, 11) is 0. The van der Waals surface area contributed by atoms with Crippen molar-refractivity contribution in [3.63, 3.8) is 0 Å². The summed E-state index contributed by atoms with van der Waals surface area (Å²) in [6.07, 6.45) is 1.57. The molecule has 2 aromatic carbocycles. The van der Waals surface area contributed by atoms with E-state index in [1.165, 1.54) is 0 Å². The fourth-order valence-corrected chi connectivity index (χ4v) is 4.63. The van der Waals surface area contributed by atoms with Crippen molar-refractivity contribution in [2.75, 3.05) is 46.0 Å². The molecule has 2 aliphatic heterocycles. The number of halogens is 1. The third kappa shape index (κ3) is 5.86. The topological polar surface area (TPSA) is 79.3 Å². The summed E-state index contributed by atoms with van der Waals surface area (Å²) in [6, 6.07) is 13.3. The van der Waals surface area contributed by atoms with Crippen molar-refractivity contribution in [2.24, 2.45) is 0 Å². The number of benzene rings is 2. The number of Topliss-reactive ketones (excluding diaryl/α,β-unsaturated/α-hetero) is 1. The van der Waals surface area contributed by atoms with E-state index in [4.69, 9.17) is 21.1 Å². The molecule has 0 saturated carbocycles. The third-order valence-corrected chi connectivity index (χ3v) is 6.53. The van der Waals surface area contributed by atoms with Crippen LogP contribution in [-0.2, 0) is 14.3 Å². The van der Waals surface area contributed by atoms with E-state index >= 15 is 0 Å². The monoisotopic (exact) mass is 498 g/mol. The number of amides is 1. The molecule has 2 saturated heterocycles. The van der Waals surface area contributed by atoms with Crippen molar-refractivity contribution in [3.05, 3.63) is 70.3 Å². The van der Waals surface area contributed by atoms with E-state index in [9.17, 15) is 14.7 Å². The highest BCUT2D eigenvalue weighted by molar-refractivity contribution is 6.46. The molecule has 2 aromatic rings. The van der Waals surface area contributed by atoms with Crippen LogP contribution in [0, 0.1) is 0 Å². The second kappa shape index (κ2) is 11.7. The molecule has 4 rings (SSSR count). The Kier molecular flexibility index (Phi) is 8.44. The minimum Gasteiger partial charge on any atom is -0.507 e. The number of likely N-dealkylation sites (tertiary alicyclic amines) is 1. The van der Waals surface area contributed by atoms with Crippen molar-refractivity contribution >= 4 is 29.1 Å². The molecule has 2 fully saturated rings. The van der Waals surface area contributed by atoms with E-state index in [1.54, 1.807) is 29.2 Å². The first-order valence-electron chi connectivity index (χ1n) is 12.1. The van der Waals surface area contributed by atoms with Crippen LogP contribution in [0.5, 0.6) is 5.75 Å². The van der Waals surface area contributed by atoms with Crippen molar-refractivity contribution in [3.8, 4) is 5.75 Å². The lowest BCUT2D eigenvalue weighted by atomic mass is 9.95. The number of carbonyl (C=O) groups excluding carboxylic acids is 2. The molecule has 8 heteroatoms. The number of aliphatic hydroxyl groups is 1. The fourth-order valence-electron chi connectivity index (χ4n) is 4.50. The molecule has 0 aromatic heterocycles. The maximum absolute atomic E-state index is 13.2. The van der Waals surface area contributed by atoms with Crippen LogP contribution in [0.2, 0.25) is 5.02 Å². The number of carbonyl (C=O) groups is 2. The van der Waals surface area contributed by atoms with Crippen LogP contribution in [-0.4, -0.2) is 72.6 Å². The van der Waals surface area contributed by atoms with Gasteiger partial charge in [-0.05, 0) is 54.8 Å². The van der Waals surface area contributed by atoms with E-state index in [2.05, 4.69) is 4.90 Å². The van der Waals surface area contributed by atoms with Gasteiger partial charge in [-0.2, -0.15) is 0 Å². The predicted molar refractivity (Wildman–Crippen MR) is 135 cm³/mol. The Morgan fingerprint density at radius 3 is 2.57 bits per heavy atom. The molecule has 2 aliphatic rings. The fraction of sp³-hybridized carbons (Fsp3) is 0.407. The van der Waals surface area contributed by atoms with Crippen LogP contribution in [0.25, 0.3) is 5.76 Å². The first-order chi connectivity index (χ1) is 17.0. The summed E-state index contributed by atoms with van der Waals surface area (Å²) in [5.74, 6) is -0.837. The van der Waals surface area contributed by atoms with Gasteiger partial charge in [0, 0.05) is 36.8 Å². The summed E-state index contributed by atoms with van der Waals surface area (Å²) in [5, 5.41) is 11.7. The molecular formula is C27H31ClN2O5. The number of hydrogen-bond acceptors (Lipinski definition) is 6. The Hall–Kier alpha value is -2.87. The average molecular weight is 499 g/mol. The Balaban J connectivity index is 1.67. The van der Waals surface area contributed by atoms with Crippen LogP contribution >= 0.6 is 11.6 Å². The van der Waals surface area contributed by atoms with E-state index in [0.717, 1.165) is 31.6 Å². The van der Waals surface area contributed by atoms with Gasteiger partial charge < -0.3 is 19.5 Å². The molecule has 186 valence electrons. The van der Waals surface area contributed by atoms with Gasteiger partial charge in [0.25, 0.3) is 11.7 Å². The van der Waals surface area contributed by atoms with E-state index in [1.807, 2.05) is 31.2 Å². The summed E-state index contributed by atoms with van der Waals surface area (Å²) >= 11 is 6.00. The second-order valence-corrected chi connectivity index (χ2v) is 9.16. The minimum atomic E-state index is -0.708. The number of ketones is 1. The number of aliphatic hydroxyl groups excluding tert-OH is 1. The van der Waals surface area contributed by atoms with Crippen LogP contribution in [0.15, 0.2) is 54.1 Å². The van der Waals surface area contributed by atoms with Crippen molar-refractivity contribution < 1.29 is 24.2 Å². The number of hydrogen-bond donors (Lipinski definition) is 1. The van der Waals surface area contributed by atoms with Gasteiger partial charge in [0.1, 0.15) is 11.5 Å². The van der Waals surface area contributed by atoms with E-state index in [0.29, 0.717) is 49.1 Å². The molecule has 7 nitrogen and oxygen atoms in total. The highest BCUT2D eigenvalue weighted by Gasteiger charge is 2.46. The molecule has 0 aliphatic carbocycles. The zero-order valence-electron chi connectivity index (χ0n) is 19.9. The smallest absolute Gasteiger partial charge is 0.295 e. The van der Waals surface area contributed by atoms with Gasteiger partial charge in [0.15, 0.2) is 0 Å². The van der Waals surface area contributed by atoms with Crippen LogP contribution in [0.4, 0.5) is 0 Å². The van der Waals surface area contributed by atoms with Crippen LogP contribution in [0.3, 0.4) is 0 Å². The van der Waals surface area contributed by atoms with Gasteiger partial charge in [0.2, 0.25) is 0 Å². The third-order valence-electron chi connectivity index (χ3n) is 6.28. The normalized spacial score (nSPS) is 20.4. The first-order valence-corrected chi connectivity index (χ1v) is 12.4. The predicted octanol–water partition coefficient (Wildman–Crippen LogP) is 4.27. The average Bonchev–Trinajstić information content (AvgIpc) is 3.13. The molecule has 1 N–H and O–H groups in total. The molecule has 2 heterocycles. The molecule has 0 radical (unpaired) electrons. The summed E-state index contributed by atoms with van der Waals surface area (Å²) in [5.41, 5.74) is 1.24. The van der Waals surface area contributed by atoms with Gasteiger partial charge >= 0.3 is 0 Å². The van der Waals surface area contributed by atoms with Crippen LogP contribution in [0.1, 0.15) is 36.9 Å². The molecule has 0 spiro atoms. The van der Waals surface area contributed by atoms with E-state index in [-0.39, 0.29) is 11.3 Å². The molecule has 1 atom stereocenters. The van der Waals surface area contributed by atoms with E-state index < -0.39 is 17.7 Å². The lowest BCUT2D eigenvalue weighted by Gasteiger charge is -2.29. The van der Waals surface area contributed by atoms with Gasteiger partial charge in [-0.15, -0.1) is 0 Å².